The van der Waals surface area contributed by atoms with Gasteiger partial charge in [0.25, 0.3) is 5.69 Å². The van der Waals surface area contributed by atoms with Crippen molar-refractivity contribution in [2.45, 2.75) is 23.2 Å². The average molecular weight is 420 g/mol. The van der Waals surface area contributed by atoms with Crippen LogP contribution in [0.2, 0.25) is 0 Å². The highest BCUT2D eigenvalue weighted by Crippen LogP contribution is 2.26. The number of benzene rings is 1. The molecule has 0 radical (unpaired) electrons. The zero-order chi connectivity index (χ0) is 18.5. The number of halogens is 3. The van der Waals surface area contributed by atoms with E-state index in [0.29, 0.717) is 0 Å². The summed E-state index contributed by atoms with van der Waals surface area (Å²) in [6, 6.07) is 3.75. The first-order valence-corrected chi connectivity index (χ1v) is 9.01. The van der Waals surface area contributed by atoms with E-state index in [2.05, 4.69) is 4.18 Å². The number of nitro benzene ring substituents is 1. The van der Waals surface area contributed by atoms with E-state index < -0.39 is 37.5 Å². The Morgan fingerprint density at radius 1 is 1.42 bits per heavy atom. The molecule has 0 amide bonds. The fourth-order valence-electron chi connectivity index (χ4n) is 1.65. The minimum absolute atomic E-state index is 0.0138. The zero-order valence-corrected chi connectivity index (χ0v) is 15.3. The van der Waals surface area contributed by atoms with Crippen LogP contribution in [0.3, 0.4) is 0 Å². The molecule has 1 aromatic rings. The summed E-state index contributed by atoms with van der Waals surface area (Å²) in [5, 5.41) is 10.7. The lowest BCUT2D eigenvalue weighted by Gasteiger charge is -2.17. The second-order valence-corrected chi connectivity index (χ2v) is 8.48. The van der Waals surface area contributed by atoms with Crippen molar-refractivity contribution in [3.8, 4) is 0 Å². The molecular weight excluding hydrogens is 407 g/mol. The molecule has 12 heteroatoms. The van der Waals surface area contributed by atoms with Crippen molar-refractivity contribution in [3.05, 3.63) is 39.9 Å². The third-order valence-corrected chi connectivity index (χ3v) is 4.06. The van der Waals surface area contributed by atoms with Gasteiger partial charge in [-0.15, -0.1) is 0 Å². The van der Waals surface area contributed by atoms with Crippen LogP contribution in [0, 0.1) is 10.1 Å². The van der Waals surface area contributed by atoms with Crippen LogP contribution >= 0.6 is 34.8 Å². The van der Waals surface area contributed by atoms with E-state index in [-0.39, 0.29) is 17.7 Å². The summed E-state index contributed by atoms with van der Waals surface area (Å²) in [5.74, 6) is -0.651. The van der Waals surface area contributed by atoms with Crippen LogP contribution in [0.15, 0.2) is 24.3 Å². The number of hydrogen-bond donors (Lipinski definition) is 1. The van der Waals surface area contributed by atoms with E-state index in [1.54, 1.807) is 6.92 Å². The van der Waals surface area contributed by atoms with Gasteiger partial charge >= 0.3 is 10.3 Å². The first kappa shape index (κ1) is 21.1. The summed E-state index contributed by atoms with van der Waals surface area (Å²) >= 11 is 16.2. The number of ketones is 1. The number of hydrogen-bond acceptors (Lipinski definition) is 6. The summed E-state index contributed by atoms with van der Waals surface area (Å²) in [6.45, 7) is 0.811. The van der Waals surface area contributed by atoms with Crippen molar-refractivity contribution in [2.75, 3.05) is 6.61 Å². The Kier molecular flexibility index (Phi) is 7.39. The second-order valence-electron chi connectivity index (χ2n) is 4.58. The molecule has 1 atom stereocenters. The molecule has 1 rings (SSSR count). The summed E-state index contributed by atoms with van der Waals surface area (Å²) in [5.41, 5.74) is -0.300. The quantitative estimate of drug-likeness (QED) is 0.300. The van der Waals surface area contributed by atoms with Crippen molar-refractivity contribution in [1.29, 1.82) is 0 Å². The minimum Gasteiger partial charge on any atom is -0.292 e. The van der Waals surface area contributed by atoms with E-state index in [9.17, 15) is 23.3 Å². The number of Topliss-reactive ketones (excluding diaryl/α,β-unsaturated/α-hetero) is 1. The Bertz CT molecular complexity index is 720. The Morgan fingerprint density at radius 2 is 2.04 bits per heavy atom. The fourth-order valence-corrected chi connectivity index (χ4v) is 3.03. The summed E-state index contributed by atoms with van der Waals surface area (Å²) in [6.07, 6.45) is 0.0812. The summed E-state index contributed by atoms with van der Waals surface area (Å²) in [7, 11) is -4.36. The van der Waals surface area contributed by atoms with Gasteiger partial charge in [0.2, 0.25) is 3.79 Å². The topological polar surface area (TPSA) is 116 Å². The molecule has 24 heavy (non-hydrogen) atoms. The van der Waals surface area contributed by atoms with Gasteiger partial charge in [0.05, 0.1) is 11.0 Å². The van der Waals surface area contributed by atoms with Gasteiger partial charge in [0.15, 0.2) is 5.78 Å². The predicted octanol–water partition coefficient (Wildman–Crippen LogP) is 2.78. The van der Waals surface area contributed by atoms with Gasteiger partial charge in [0, 0.05) is 17.7 Å². The van der Waals surface area contributed by atoms with Crippen LogP contribution in [0.25, 0.3) is 0 Å². The van der Waals surface area contributed by atoms with Gasteiger partial charge in [-0.2, -0.15) is 13.1 Å². The zero-order valence-electron chi connectivity index (χ0n) is 12.2. The molecule has 0 saturated carbocycles. The van der Waals surface area contributed by atoms with Gasteiger partial charge in [-0.05, 0) is 6.42 Å². The number of rotatable bonds is 8. The Morgan fingerprint density at radius 3 is 2.54 bits per heavy atom. The van der Waals surface area contributed by atoms with Crippen LogP contribution in [0.5, 0.6) is 0 Å². The maximum Gasteiger partial charge on any atom is 0.336 e. The van der Waals surface area contributed by atoms with E-state index in [4.69, 9.17) is 34.8 Å². The van der Waals surface area contributed by atoms with Gasteiger partial charge in [0.1, 0.15) is 6.61 Å². The molecule has 0 fully saturated rings. The molecule has 0 aliphatic rings. The van der Waals surface area contributed by atoms with Crippen molar-refractivity contribution >= 4 is 56.6 Å². The van der Waals surface area contributed by atoms with E-state index >= 15 is 0 Å². The highest BCUT2D eigenvalue weighted by atomic mass is 35.6. The van der Waals surface area contributed by atoms with Crippen molar-refractivity contribution < 1.29 is 22.3 Å². The van der Waals surface area contributed by atoms with Crippen LogP contribution in [0.4, 0.5) is 5.69 Å². The van der Waals surface area contributed by atoms with Gasteiger partial charge < -0.3 is 0 Å². The van der Waals surface area contributed by atoms with E-state index in [1.807, 2.05) is 4.72 Å². The van der Waals surface area contributed by atoms with Crippen LogP contribution in [-0.4, -0.2) is 35.6 Å². The largest absolute Gasteiger partial charge is 0.336 e. The van der Waals surface area contributed by atoms with Gasteiger partial charge in [-0.1, -0.05) is 53.9 Å². The molecular formula is C12H13Cl3N2O6S. The number of non-ortho nitro benzene ring substituents is 1. The maximum atomic E-state index is 12.3. The molecule has 8 nitrogen and oxygen atoms in total. The average Bonchev–Trinajstić information content (AvgIpc) is 2.49. The number of nitro groups is 1. The van der Waals surface area contributed by atoms with Crippen molar-refractivity contribution in [1.82, 2.24) is 4.72 Å². The molecule has 0 aromatic heterocycles. The highest BCUT2D eigenvalue weighted by molar-refractivity contribution is 7.84. The maximum absolute atomic E-state index is 12.3. The third kappa shape index (κ3) is 6.88. The first-order chi connectivity index (χ1) is 10.9. The number of alkyl halides is 3. The van der Waals surface area contributed by atoms with Gasteiger partial charge in [-0.25, -0.2) is 0 Å². The Labute approximate surface area is 153 Å². The smallest absolute Gasteiger partial charge is 0.292 e. The fraction of sp³-hybridized carbons (Fsp3) is 0.417. The first-order valence-electron chi connectivity index (χ1n) is 6.47. The summed E-state index contributed by atoms with van der Waals surface area (Å²) in [4.78, 5) is 22.4. The number of nitrogens with one attached hydrogen (secondary N) is 1. The minimum atomic E-state index is -4.36. The van der Waals surface area contributed by atoms with Crippen LogP contribution < -0.4 is 4.72 Å². The number of carbonyl (C=O) groups is 1. The molecule has 1 N–H and O–H groups in total. The lowest BCUT2D eigenvalue weighted by Crippen LogP contribution is -2.42. The number of carbonyl (C=O) groups excluding carboxylic acids is 1. The highest BCUT2D eigenvalue weighted by Gasteiger charge is 2.29. The van der Waals surface area contributed by atoms with Crippen molar-refractivity contribution in [3.63, 3.8) is 0 Å². The predicted molar refractivity (Wildman–Crippen MR) is 89.8 cm³/mol. The summed E-state index contributed by atoms with van der Waals surface area (Å²) < 4.78 is 28.1. The lowest BCUT2D eigenvalue weighted by atomic mass is 10.0. The van der Waals surface area contributed by atoms with Crippen LogP contribution in [-0.2, 0) is 14.5 Å². The molecule has 0 aliphatic carbocycles. The normalized spacial score (nSPS) is 13.5. The molecule has 0 bridgehead atoms. The van der Waals surface area contributed by atoms with Crippen molar-refractivity contribution in [2.24, 2.45) is 0 Å². The molecule has 134 valence electrons. The molecule has 1 unspecified atom stereocenters. The molecule has 1 aromatic carbocycles. The molecule has 0 saturated heterocycles. The molecule has 0 aliphatic heterocycles. The van der Waals surface area contributed by atoms with Crippen LogP contribution in [0.1, 0.15) is 23.7 Å². The second kappa shape index (κ2) is 8.41. The van der Waals surface area contributed by atoms with Gasteiger partial charge in [-0.3, -0.25) is 19.1 Å². The Hall–Kier alpha value is -0.970. The van der Waals surface area contributed by atoms with E-state index in [1.165, 1.54) is 18.2 Å². The molecule has 0 heterocycles. The SMILES string of the molecule is CCC(NS(=O)(=O)OCC(Cl)(Cl)Cl)C(=O)c1cccc([N+](=O)[O-])c1. The Balaban J connectivity index is 2.91. The van der Waals surface area contributed by atoms with E-state index in [0.717, 1.165) is 6.07 Å². The third-order valence-electron chi connectivity index (χ3n) is 2.73. The monoisotopic (exact) mass is 418 g/mol. The standard InChI is InChI=1S/C12H13Cl3N2O6S/c1-2-10(16-24(21,22)23-7-12(13,14)15)11(18)8-4-3-5-9(6-8)17(19)20/h3-6,10,16H,2,7H2,1H3. The molecule has 0 spiro atoms. The number of nitrogens with zero attached hydrogens (tertiary/aromatic N) is 1. The lowest BCUT2D eigenvalue weighted by molar-refractivity contribution is -0.384.